The van der Waals surface area contributed by atoms with E-state index in [4.69, 9.17) is 5.73 Å². The topological polar surface area (TPSA) is 55.1 Å². The van der Waals surface area contributed by atoms with Gasteiger partial charge in [-0.15, -0.1) is 0 Å². The van der Waals surface area contributed by atoms with Gasteiger partial charge in [0.1, 0.15) is 0 Å². The van der Waals surface area contributed by atoms with Crippen molar-refractivity contribution in [3.05, 3.63) is 11.6 Å². The molecule has 18 heavy (non-hydrogen) atoms. The first kappa shape index (κ1) is 13.6. The lowest BCUT2D eigenvalue weighted by Crippen LogP contribution is -2.42. The molecule has 0 aliphatic heterocycles. The van der Waals surface area contributed by atoms with Gasteiger partial charge in [0.25, 0.3) is 0 Å². The molecular formula is C15H26N2O. The van der Waals surface area contributed by atoms with Crippen LogP contribution in [-0.4, -0.2) is 19.0 Å². The van der Waals surface area contributed by atoms with E-state index >= 15 is 0 Å². The normalized spacial score (nSPS) is 21.9. The van der Waals surface area contributed by atoms with Gasteiger partial charge in [-0.3, -0.25) is 4.79 Å². The second-order valence-electron chi connectivity index (χ2n) is 5.94. The molecule has 0 atom stereocenters. The first-order valence-electron chi connectivity index (χ1n) is 7.39. The molecule has 2 rings (SSSR count). The third-order valence-corrected chi connectivity index (χ3v) is 4.54. The van der Waals surface area contributed by atoms with Crippen molar-refractivity contribution in [1.29, 1.82) is 0 Å². The van der Waals surface area contributed by atoms with Gasteiger partial charge < -0.3 is 11.1 Å². The Labute approximate surface area is 110 Å². The molecule has 1 saturated carbocycles. The smallest absolute Gasteiger partial charge is 0.220 e. The summed E-state index contributed by atoms with van der Waals surface area (Å²) in [7, 11) is 0. The van der Waals surface area contributed by atoms with Crippen LogP contribution in [0, 0.1) is 5.41 Å². The molecule has 1 amide bonds. The zero-order valence-electron chi connectivity index (χ0n) is 11.3. The standard InChI is InChI=1S/C15H26N2O/c16-12-15(8-4-9-15)11-14(18)17-10-7-13-5-2-1-3-6-13/h5H,1-4,6-12,16H2,(H,17,18). The Bertz CT molecular complexity index is 313. The molecule has 2 aliphatic carbocycles. The van der Waals surface area contributed by atoms with E-state index in [-0.39, 0.29) is 11.3 Å². The molecule has 2 aliphatic rings. The number of hydrogen-bond donors (Lipinski definition) is 2. The largest absolute Gasteiger partial charge is 0.356 e. The van der Waals surface area contributed by atoms with Gasteiger partial charge in [-0.05, 0) is 56.9 Å². The molecular weight excluding hydrogens is 224 g/mol. The molecule has 0 aromatic heterocycles. The number of carbonyl (C=O) groups excluding carboxylic acids is 1. The van der Waals surface area contributed by atoms with E-state index in [0.29, 0.717) is 13.0 Å². The van der Waals surface area contributed by atoms with Crippen molar-refractivity contribution in [3.8, 4) is 0 Å². The maximum Gasteiger partial charge on any atom is 0.220 e. The fourth-order valence-electron chi connectivity index (χ4n) is 3.03. The SMILES string of the molecule is NCC1(CC(=O)NCCC2=CCCCC2)CCC1. The second kappa shape index (κ2) is 6.37. The highest BCUT2D eigenvalue weighted by Crippen LogP contribution is 2.42. The Morgan fingerprint density at radius 3 is 2.72 bits per heavy atom. The molecule has 0 radical (unpaired) electrons. The summed E-state index contributed by atoms with van der Waals surface area (Å²) in [5.74, 6) is 0.191. The Hall–Kier alpha value is -0.830. The molecule has 3 nitrogen and oxygen atoms in total. The van der Waals surface area contributed by atoms with Crippen LogP contribution in [0.15, 0.2) is 11.6 Å². The Balaban J connectivity index is 1.64. The lowest BCUT2D eigenvalue weighted by atomic mass is 9.66. The minimum absolute atomic E-state index is 0.133. The van der Waals surface area contributed by atoms with E-state index in [1.54, 1.807) is 0 Å². The van der Waals surface area contributed by atoms with Gasteiger partial charge in [-0.2, -0.15) is 0 Å². The summed E-state index contributed by atoms with van der Waals surface area (Å²) in [6, 6.07) is 0. The second-order valence-corrected chi connectivity index (χ2v) is 5.94. The van der Waals surface area contributed by atoms with Crippen LogP contribution < -0.4 is 11.1 Å². The summed E-state index contributed by atoms with van der Waals surface area (Å²) in [5, 5.41) is 3.05. The number of nitrogens with one attached hydrogen (secondary N) is 1. The van der Waals surface area contributed by atoms with Crippen molar-refractivity contribution in [1.82, 2.24) is 5.32 Å². The predicted octanol–water partition coefficient (Wildman–Crippen LogP) is 2.51. The maximum atomic E-state index is 11.9. The van der Waals surface area contributed by atoms with Gasteiger partial charge in [0.2, 0.25) is 5.91 Å². The Morgan fingerprint density at radius 2 is 2.17 bits per heavy atom. The van der Waals surface area contributed by atoms with Crippen molar-refractivity contribution in [2.45, 2.75) is 57.8 Å². The molecule has 102 valence electrons. The van der Waals surface area contributed by atoms with Crippen molar-refractivity contribution < 1.29 is 4.79 Å². The summed E-state index contributed by atoms with van der Waals surface area (Å²) in [5.41, 5.74) is 7.43. The lowest BCUT2D eigenvalue weighted by molar-refractivity contribution is -0.124. The predicted molar refractivity (Wildman–Crippen MR) is 74.1 cm³/mol. The van der Waals surface area contributed by atoms with Gasteiger partial charge in [0.05, 0.1) is 0 Å². The minimum Gasteiger partial charge on any atom is -0.356 e. The first-order valence-corrected chi connectivity index (χ1v) is 7.39. The molecule has 0 heterocycles. The van der Waals surface area contributed by atoms with E-state index < -0.39 is 0 Å². The van der Waals surface area contributed by atoms with Crippen LogP contribution >= 0.6 is 0 Å². The highest BCUT2D eigenvalue weighted by Gasteiger charge is 2.37. The third kappa shape index (κ3) is 3.58. The van der Waals surface area contributed by atoms with Crippen molar-refractivity contribution in [2.75, 3.05) is 13.1 Å². The average molecular weight is 250 g/mol. The molecule has 3 heteroatoms. The zero-order chi connectivity index (χ0) is 12.8. The van der Waals surface area contributed by atoms with Crippen LogP contribution in [0.25, 0.3) is 0 Å². The van der Waals surface area contributed by atoms with Gasteiger partial charge in [0, 0.05) is 13.0 Å². The van der Waals surface area contributed by atoms with E-state index in [1.807, 2.05) is 0 Å². The van der Waals surface area contributed by atoms with Crippen LogP contribution in [-0.2, 0) is 4.79 Å². The average Bonchev–Trinajstić information content (AvgIpc) is 2.35. The summed E-state index contributed by atoms with van der Waals surface area (Å²) in [6.07, 6.45) is 12.6. The monoisotopic (exact) mass is 250 g/mol. The van der Waals surface area contributed by atoms with Crippen molar-refractivity contribution in [2.24, 2.45) is 11.1 Å². The highest BCUT2D eigenvalue weighted by molar-refractivity contribution is 5.76. The van der Waals surface area contributed by atoms with E-state index in [9.17, 15) is 4.79 Å². The van der Waals surface area contributed by atoms with Gasteiger partial charge in [-0.1, -0.05) is 18.1 Å². The summed E-state index contributed by atoms with van der Waals surface area (Å²) >= 11 is 0. The van der Waals surface area contributed by atoms with Crippen LogP contribution in [0.5, 0.6) is 0 Å². The number of rotatable bonds is 6. The molecule has 0 unspecified atom stereocenters. The molecule has 0 bridgehead atoms. The summed E-state index contributed by atoms with van der Waals surface area (Å²) in [6.45, 7) is 1.46. The minimum atomic E-state index is 0.133. The van der Waals surface area contributed by atoms with Gasteiger partial charge in [0.15, 0.2) is 0 Å². The Morgan fingerprint density at radius 1 is 1.33 bits per heavy atom. The van der Waals surface area contributed by atoms with Crippen LogP contribution in [0.1, 0.15) is 57.8 Å². The fraction of sp³-hybridized carbons (Fsp3) is 0.800. The van der Waals surface area contributed by atoms with Crippen LogP contribution in [0.2, 0.25) is 0 Å². The van der Waals surface area contributed by atoms with Crippen LogP contribution in [0.4, 0.5) is 0 Å². The Kier molecular flexibility index (Phi) is 4.81. The maximum absolute atomic E-state index is 11.9. The van der Waals surface area contributed by atoms with E-state index in [0.717, 1.165) is 25.8 Å². The summed E-state index contributed by atoms with van der Waals surface area (Å²) < 4.78 is 0. The molecule has 0 aromatic carbocycles. The molecule has 0 saturated heterocycles. The zero-order valence-corrected chi connectivity index (χ0v) is 11.3. The van der Waals surface area contributed by atoms with Crippen molar-refractivity contribution >= 4 is 5.91 Å². The number of amides is 1. The van der Waals surface area contributed by atoms with Gasteiger partial charge >= 0.3 is 0 Å². The number of allylic oxidation sites excluding steroid dienone is 1. The van der Waals surface area contributed by atoms with Crippen molar-refractivity contribution in [3.63, 3.8) is 0 Å². The number of carbonyl (C=O) groups is 1. The van der Waals surface area contributed by atoms with Gasteiger partial charge in [-0.25, -0.2) is 0 Å². The summed E-state index contributed by atoms with van der Waals surface area (Å²) in [4.78, 5) is 11.9. The third-order valence-electron chi connectivity index (χ3n) is 4.54. The molecule has 1 fully saturated rings. The quantitative estimate of drug-likeness (QED) is 0.712. The highest BCUT2D eigenvalue weighted by atomic mass is 16.1. The first-order chi connectivity index (χ1) is 8.74. The molecule has 0 aromatic rings. The number of hydrogen-bond acceptors (Lipinski definition) is 2. The lowest BCUT2D eigenvalue weighted by Gasteiger charge is -2.40. The molecule has 0 spiro atoms. The van der Waals surface area contributed by atoms with Crippen LogP contribution in [0.3, 0.4) is 0 Å². The number of nitrogens with two attached hydrogens (primary N) is 1. The molecule has 3 N–H and O–H groups in total. The van der Waals surface area contributed by atoms with E-state index in [1.165, 1.54) is 37.7 Å². The van der Waals surface area contributed by atoms with E-state index in [2.05, 4.69) is 11.4 Å². The fourth-order valence-corrected chi connectivity index (χ4v) is 3.03.